The summed E-state index contributed by atoms with van der Waals surface area (Å²) in [5, 5.41) is 10.0. The average molecular weight is 345 g/mol. The van der Waals surface area contributed by atoms with Crippen LogP contribution in [-0.4, -0.2) is 83.1 Å². The van der Waals surface area contributed by atoms with E-state index in [1.807, 2.05) is 29.2 Å². The lowest BCUT2D eigenvalue weighted by molar-refractivity contribution is -0.178. The molecule has 3 aliphatic rings. The maximum Gasteiger partial charge on any atom is 0.252 e. The van der Waals surface area contributed by atoms with Gasteiger partial charge in [0.2, 0.25) is 5.91 Å². The number of rotatable bonds is 3. The Bertz CT molecular complexity index is 716. The molecule has 0 aromatic heterocycles. The van der Waals surface area contributed by atoms with E-state index < -0.39 is 11.6 Å². The highest BCUT2D eigenvalue weighted by Gasteiger charge is 2.63. The number of methoxy groups -OCH3 is 1. The molecule has 134 valence electrons. The second-order valence-electron chi connectivity index (χ2n) is 7.25. The van der Waals surface area contributed by atoms with Gasteiger partial charge in [0.25, 0.3) is 5.91 Å². The molecule has 1 aromatic carbocycles. The second kappa shape index (κ2) is 5.79. The standard InChI is InChI=1S/C18H23N3O4/c1-19-16(23)14-7-13(22)9-21(14)18(17(19)24)10-20(11-18)8-12-5-3-4-6-15(12)25-2/h3-6,13-14,22H,7-11H2,1-2H3/t13-,14+/m1/s1. The highest BCUT2D eigenvalue weighted by Crippen LogP contribution is 2.40. The molecule has 7 nitrogen and oxygen atoms in total. The van der Waals surface area contributed by atoms with Gasteiger partial charge in [-0.25, -0.2) is 0 Å². The molecule has 3 aliphatic heterocycles. The second-order valence-corrected chi connectivity index (χ2v) is 7.25. The number of hydrogen-bond donors (Lipinski definition) is 1. The van der Waals surface area contributed by atoms with Crippen LogP contribution in [0.5, 0.6) is 5.75 Å². The molecular formula is C18H23N3O4. The zero-order valence-electron chi connectivity index (χ0n) is 14.5. The van der Waals surface area contributed by atoms with E-state index in [2.05, 4.69) is 4.90 Å². The molecule has 2 amide bonds. The minimum Gasteiger partial charge on any atom is -0.496 e. The Balaban J connectivity index is 1.54. The van der Waals surface area contributed by atoms with E-state index in [1.54, 1.807) is 14.2 Å². The summed E-state index contributed by atoms with van der Waals surface area (Å²) >= 11 is 0. The number of imide groups is 1. The lowest BCUT2D eigenvalue weighted by Crippen LogP contribution is -2.80. The number of β-amino-alcohol motifs (C(OH)–C–C–N with tert-alkyl or cyclic N) is 1. The number of hydrogen-bond acceptors (Lipinski definition) is 6. The number of aliphatic hydroxyl groups is 1. The van der Waals surface area contributed by atoms with E-state index in [-0.39, 0.29) is 17.9 Å². The molecule has 0 radical (unpaired) electrons. The number of carbonyl (C=O) groups excluding carboxylic acids is 2. The number of amides is 2. The van der Waals surface area contributed by atoms with E-state index in [1.165, 1.54) is 4.90 Å². The summed E-state index contributed by atoms with van der Waals surface area (Å²) in [6.07, 6.45) is -0.140. The van der Waals surface area contributed by atoms with Gasteiger partial charge in [0.1, 0.15) is 11.3 Å². The molecule has 0 bridgehead atoms. The summed E-state index contributed by atoms with van der Waals surface area (Å²) in [4.78, 5) is 30.6. The molecule has 0 aliphatic carbocycles. The Morgan fingerprint density at radius 2 is 2.00 bits per heavy atom. The Morgan fingerprint density at radius 1 is 1.28 bits per heavy atom. The summed E-state index contributed by atoms with van der Waals surface area (Å²) in [6, 6.07) is 7.46. The van der Waals surface area contributed by atoms with Crippen LogP contribution in [0.2, 0.25) is 0 Å². The van der Waals surface area contributed by atoms with Gasteiger partial charge in [-0.2, -0.15) is 0 Å². The molecule has 0 unspecified atom stereocenters. The van der Waals surface area contributed by atoms with E-state index in [0.29, 0.717) is 32.6 Å². The van der Waals surface area contributed by atoms with Crippen molar-refractivity contribution >= 4 is 11.8 Å². The summed E-state index contributed by atoms with van der Waals surface area (Å²) < 4.78 is 5.40. The van der Waals surface area contributed by atoms with Crippen molar-refractivity contribution in [1.29, 1.82) is 0 Å². The van der Waals surface area contributed by atoms with Crippen LogP contribution in [0.25, 0.3) is 0 Å². The predicted octanol–water partition coefficient (Wildman–Crippen LogP) is -0.317. The Hall–Kier alpha value is -1.96. The van der Waals surface area contributed by atoms with Crippen molar-refractivity contribution < 1.29 is 19.4 Å². The van der Waals surface area contributed by atoms with Crippen LogP contribution in [0.4, 0.5) is 0 Å². The predicted molar refractivity (Wildman–Crippen MR) is 89.9 cm³/mol. The summed E-state index contributed by atoms with van der Waals surface area (Å²) in [5.74, 6) is 0.481. The van der Waals surface area contributed by atoms with E-state index >= 15 is 0 Å². The number of fused-ring (bicyclic) bond motifs is 2. The average Bonchev–Trinajstić information content (AvgIpc) is 2.97. The number of likely N-dealkylation sites (tertiary alicyclic amines) is 1. The quantitative estimate of drug-likeness (QED) is 0.757. The van der Waals surface area contributed by atoms with Crippen LogP contribution in [0, 0.1) is 0 Å². The third kappa shape index (κ3) is 2.38. The Kier molecular flexibility index (Phi) is 3.82. The zero-order valence-corrected chi connectivity index (χ0v) is 14.5. The number of piperazine rings is 1. The first-order valence-electron chi connectivity index (χ1n) is 8.57. The maximum absolute atomic E-state index is 12.8. The lowest BCUT2D eigenvalue weighted by Gasteiger charge is -2.58. The fourth-order valence-corrected chi connectivity index (χ4v) is 4.48. The van der Waals surface area contributed by atoms with Crippen molar-refractivity contribution in [3.63, 3.8) is 0 Å². The molecule has 7 heteroatoms. The number of ether oxygens (including phenoxy) is 1. The molecule has 1 aromatic rings. The van der Waals surface area contributed by atoms with Gasteiger partial charge in [-0.3, -0.25) is 24.3 Å². The van der Waals surface area contributed by atoms with Crippen LogP contribution in [-0.2, 0) is 16.1 Å². The van der Waals surface area contributed by atoms with Crippen molar-refractivity contribution in [3.8, 4) is 5.75 Å². The van der Waals surface area contributed by atoms with Crippen molar-refractivity contribution in [2.45, 2.75) is 30.7 Å². The highest BCUT2D eigenvalue weighted by atomic mass is 16.5. The van der Waals surface area contributed by atoms with Gasteiger partial charge >= 0.3 is 0 Å². The number of carbonyl (C=O) groups is 2. The third-order valence-electron chi connectivity index (χ3n) is 5.70. The largest absolute Gasteiger partial charge is 0.496 e. The summed E-state index contributed by atoms with van der Waals surface area (Å²) in [7, 11) is 3.20. The van der Waals surface area contributed by atoms with Crippen LogP contribution < -0.4 is 4.74 Å². The molecule has 25 heavy (non-hydrogen) atoms. The summed E-state index contributed by atoms with van der Waals surface area (Å²) in [5.41, 5.74) is 0.387. The van der Waals surface area contributed by atoms with Gasteiger partial charge in [-0.15, -0.1) is 0 Å². The normalized spacial score (nSPS) is 29.0. The highest BCUT2D eigenvalue weighted by molar-refractivity contribution is 6.05. The lowest BCUT2D eigenvalue weighted by atomic mass is 9.82. The monoisotopic (exact) mass is 345 g/mol. The molecule has 1 spiro atoms. The van der Waals surface area contributed by atoms with Gasteiger partial charge in [0.15, 0.2) is 0 Å². The molecule has 3 fully saturated rings. The number of likely N-dealkylation sites (N-methyl/N-ethyl adjacent to an activating group) is 1. The van der Waals surface area contributed by atoms with Crippen LogP contribution >= 0.6 is 0 Å². The first-order valence-corrected chi connectivity index (χ1v) is 8.57. The Labute approximate surface area is 146 Å². The zero-order chi connectivity index (χ0) is 17.8. The van der Waals surface area contributed by atoms with Crippen molar-refractivity contribution in [1.82, 2.24) is 14.7 Å². The molecule has 2 atom stereocenters. The Morgan fingerprint density at radius 3 is 2.72 bits per heavy atom. The molecule has 1 N–H and O–H groups in total. The minimum atomic E-state index is -0.688. The van der Waals surface area contributed by atoms with E-state index in [4.69, 9.17) is 4.74 Å². The van der Waals surface area contributed by atoms with E-state index in [0.717, 1.165) is 11.3 Å². The molecule has 0 saturated carbocycles. The SMILES string of the molecule is COc1ccccc1CN1CC2(C1)C(=O)N(C)C(=O)[C@@H]1C[C@@H](O)CN12. The number of aliphatic hydroxyl groups excluding tert-OH is 1. The minimum absolute atomic E-state index is 0.154. The summed E-state index contributed by atoms with van der Waals surface area (Å²) in [6.45, 7) is 2.20. The smallest absolute Gasteiger partial charge is 0.252 e. The van der Waals surface area contributed by atoms with Crippen molar-refractivity contribution in [2.75, 3.05) is 33.8 Å². The number of benzene rings is 1. The van der Waals surface area contributed by atoms with Gasteiger partial charge in [-0.1, -0.05) is 18.2 Å². The fourth-order valence-electron chi connectivity index (χ4n) is 4.48. The van der Waals surface area contributed by atoms with E-state index in [9.17, 15) is 14.7 Å². The third-order valence-corrected chi connectivity index (χ3v) is 5.70. The van der Waals surface area contributed by atoms with Gasteiger partial charge in [0.05, 0.1) is 19.3 Å². The maximum atomic E-state index is 12.8. The van der Waals surface area contributed by atoms with Crippen molar-refractivity contribution in [3.05, 3.63) is 29.8 Å². The number of para-hydroxylation sites is 1. The molecule has 3 saturated heterocycles. The first-order chi connectivity index (χ1) is 12.0. The fraction of sp³-hybridized carbons (Fsp3) is 0.556. The first kappa shape index (κ1) is 16.5. The topological polar surface area (TPSA) is 73.3 Å². The molecular weight excluding hydrogens is 322 g/mol. The van der Waals surface area contributed by atoms with Gasteiger partial charge < -0.3 is 9.84 Å². The van der Waals surface area contributed by atoms with Gasteiger partial charge in [-0.05, 0) is 12.5 Å². The number of nitrogens with zero attached hydrogens (tertiary/aromatic N) is 3. The van der Waals surface area contributed by atoms with Crippen molar-refractivity contribution in [2.24, 2.45) is 0 Å². The van der Waals surface area contributed by atoms with Crippen LogP contribution in [0.3, 0.4) is 0 Å². The van der Waals surface area contributed by atoms with Crippen LogP contribution in [0.1, 0.15) is 12.0 Å². The van der Waals surface area contributed by atoms with Gasteiger partial charge in [0, 0.05) is 38.8 Å². The molecule has 3 heterocycles. The molecule has 4 rings (SSSR count). The van der Waals surface area contributed by atoms with Crippen LogP contribution in [0.15, 0.2) is 24.3 Å².